The van der Waals surface area contributed by atoms with Crippen LogP contribution in [0.5, 0.6) is 11.6 Å². The fourth-order valence-electron chi connectivity index (χ4n) is 4.22. The molecule has 198 valence electrons. The number of nitrogens with one attached hydrogen (secondary N) is 2. The van der Waals surface area contributed by atoms with Crippen LogP contribution >= 0.6 is 23.2 Å². The molecule has 1 saturated heterocycles. The summed E-state index contributed by atoms with van der Waals surface area (Å²) in [6.45, 7) is 2.91. The minimum Gasteiger partial charge on any atom is -0.480 e. The third-order valence-electron chi connectivity index (χ3n) is 6.32. The summed E-state index contributed by atoms with van der Waals surface area (Å²) in [5, 5.41) is 11.8. The first-order valence-electron chi connectivity index (χ1n) is 11.8. The summed E-state index contributed by atoms with van der Waals surface area (Å²) in [5.41, 5.74) is 9.20. The molecule has 1 aliphatic heterocycles. The van der Waals surface area contributed by atoms with Crippen molar-refractivity contribution in [3.63, 3.8) is 0 Å². The number of hydrogen-bond donors (Lipinski definition) is 3. The highest BCUT2D eigenvalue weighted by molar-refractivity contribution is 6.35. The smallest absolute Gasteiger partial charge is 0.322 e. The molecule has 38 heavy (non-hydrogen) atoms. The summed E-state index contributed by atoms with van der Waals surface area (Å²) >= 11 is 12.5. The molecular weight excluding hydrogens is 531 g/mol. The number of piperazine rings is 1. The number of aromatic nitrogens is 4. The fraction of sp³-hybridized carbons (Fsp3) is 0.280. The van der Waals surface area contributed by atoms with Gasteiger partial charge in [0, 0.05) is 61.3 Å². The number of rotatable bonds is 6. The van der Waals surface area contributed by atoms with Crippen molar-refractivity contribution in [1.29, 1.82) is 0 Å². The van der Waals surface area contributed by atoms with Crippen LogP contribution in [0.1, 0.15) is 11.8 Å². The van der Waals surface area contributed by atoms with Gasteiger partial charge in [-0.3, -0.25) is 15.8 Å². The van der Waals surface area contributed by atoms with Crippen LogP contribution in [0.25, 0.3) is 22.2 Å². The van der Waals surface area contributed by atoms with Crippen LogP contribution in [0.15, 0.2) is 42.9 Å². The Labute approximate surface area is 228 Å². The number of nitrogens with zero attached hydrogens (tertiary/aromatic N) is 5. The number of nitrogens with two attached hydrogens (primary N) is 1. The van der Waals surface area contributed by atoms with Crippen LogP contribution in [-0.2, 0) is 0 Å². The van der Waals surface area contributed by atoms with Crippen molar-refractivity contribution in [3.05, 3.63) is 58.5 Å². The first kappa shape index (κ1) is 26.0. The van der Waals surface area contributed by atoms with E-state index in [4.69, 9.17) is 38.4 Å². The predicted octanol–water partition coefficient (Wildman–Crippen LogP) is 4.15. The van der Waals surface area contributed by atoms with E-state index in [1.54, 1.807) is 23.2 Å². The van der Waals surface area contributed by atoms with E-state index < -0.39 is 6.23 Å². The molecule has 0 bridgehead atoms. The maximum atomic E-state index is 12.9. The van der Waals surface area contributed by atoms with Gasteiger partial charge in [-0.25, -0.2) is 9.78 Å². The average molecular weight is 557 g/mol. The molecule has 1 atom stereocenters. The highest BCUT2D eigenvalue weighted by atomic mass is 35.5. The number of aromatic amines is 1. The Balaban J connectivity index is 1.42. The number of anilines is 1. The van der Waals surface area contributed by atoms with Crippen LogP contribution in [0.3, 0.4) is 0 Å². The first-order valence-corrected chi connectivity index (χ1v) is 12.6. The van der Waals surface area contributed by atoms with E-state index in [-0.39, 0.29) is 6.03 Å². The number of urea groups is 1. The molecule has 1 aliphatic rings. The monoisotopic (exact) mass is 556 g/mol. The third kappa shape index (κ3) is 5.32. The van der Waals surface area contributed by atoms with Gasteiger partial charge in [0.05, 0.1) is 22.7 Å². The van der Waals surface area contributed by atoms with E-state index in [0.717, 1.165) is 24.0 Å². The molecule has 1 aromatic carbocycles. The second kappa shape index (κ2) is 11.0. The van der Waals surface area contributed by atoms with Crippen molar-refractivity contribution in [2.45, 2.75) is 6.23 Å². The zero-order chi connectivity index (χ0) is 26.8. The van der Waals surface area contributed by atoms with Gasteiger partial charge in [-0.1, -0.05) is 23.2 Å². The molecule has 0 spiro atoms. The summed E-state index contributed by atoms with van der Waals surface area (Å²) in [5.74, 6) is 0.791. The van der Waals surface area contributed by atoms with Crippen molar-refractivity contribution >= 4 is 45.8 Å². The molecule has 0 radical (unpaired) electrons. The Hall–Kier alpha value is -3.64. The van der Waals surface area contributed by atoms with Crippen molar-refractivity contribution in [2.75, 3.05) is 45.7 Å². The molecule has 0 aliphatic carbocycles. The number of fused-ring (bicyclic) bond motifs is 1. The number of benzene rings is 1. The molecule has 3 aromatic heterocycles. The summed E-state index contributed by atoms with van der Waals surface area (Å²) in [7, 11) is 3.54. The number of methoxy groups -OCH3 is 1. The van der Waals surface area contributed by atoms with Crippen LogP contribution in [0.2, 0.25) is 10.0 Å². The zero-order valence-electron chi connectivity index (χ0n) is 20.7. The van der Waals surface area contributed by atoms with E-state index in [1.807, 2.05) is 19.2 Å². The van der Waals surface area contributed by atoms with Gasteiger partial charge in [-0.05, 0) is 31.3 Å². The molecule has 0 unspecified atom stereocenters. The zero-order valence-corrected chi connectivity index (χ0v) is 22.3. The Morgan fingerprint density at radius 1 is 1.13 bits per heavy atom. The summed E-state index contributed by atoms with van der Waals surface area (Å²) < 4.78 is 11.3. The lowest BCUT2D eigenvalue weighted by atomic mass is 10.1. The summed E-state index contributed by atoms with van der Waals surface area (Å²) in [4.78, 5) is 25.2. The number of halogens is 2. The Morgan fingerprint density at radius 3 is 2.58 bits per heavy atom. The molecule has 13 heteroatoms. The lowest BCUT2D eigenvalue weighted by Crippen LogP contribution is -2.48. The van der Waals surface area contributed by atoms with Crippen LogP contribution in [0.4, 0.5) is 10.5 Å². The van der Waals surface area contributed by atoms with Gasteiger partial charge in [-0.15, -0.1) is 0 Å². The van der Waals surface area contributed by atoms with Crippen LogP contribution < -0.4 is 20.5 Å². The van der Waals surface area contributed by atoms with Gasteiger partial charge in [0.25, 0.3) is 0 Å². The molecule has 5 rings (SSSR count). The van der Waals surface area contributed by atoms with Gasteiger partial charge in [0.2, 0.25) is 5.88 Å². The van der Waals surface area contributed by atoms with E-state index in [2.05, 4.69) is 30.4 Å². The van der Waals surface area contributed by atoms with Crippen molar-refractivity contribution < 1.29 is 14.3 Å². The number of ether oxygens (including phenoxy) is 2. The Bertz CT molecular complexity index is 1450. The normalized spacial score (nSPS) is 14.9. The number of carbonyl (C=O) groups is 1. The van der Waals surface area contributed by atoms with Gasteiger partial charge in [0.15, 0.2) is 6.23 Å². The van der Waals surface area contributed by atoms with E-state index in [9.17, 15) is 4.79 Å². The van der Waals surface area contributed by atoms with Crippen LogP contribution in [-0.4, -0.2) is 76.3 Å². The molecule has 4 heterocycles. The van der Waals surface area contributed by atoms with Crippen molar-refractivity contribution in [3.8, 4) is 22.9 Å². The second-order valence-electron chi connectivity index (χ2n) is 8.84. The Morgan fingerprint density at radius 2 is 1.87 bits per heavy atom. The number of amides is 2. The first-order chi connectivity index (χ1) is 18.3. The quantitative estimate of drug-likeness (QED) is 0.301. The molecule has 4 aromatic rings. The maximum absolute atomic E-state index is 12.9. The predicted molar refractivity (Wildman–Crippen MR) is 146 cm³/mol. The standard InChI is InChI=1S/C25H26Cl2N8O3/c1-34-5-7-35(8-6-34)25(36)31-20-9-14(11-30-24(20)37-2)22-16-10-15(3-4-19(16)32-33-22)38-23(28)21-17(26)12-29-13-18(21)27/h3-4,9-13,23H,5-8,28H2,1-2H3,(H,31,36)(H,32,33)/t23-/m0/s1. The number of pyridine rings is 2. The highest BCUT2D eigenvalue weighted by Crippen LogP contribution is 2.35. The summed E-state index contributed by atoms with van der Waals surface area (Å²) in [6.07, 6.45) is 3.64. The molecule has 11 nitrogen and oxygen atoms in total. The van der Waals surface area contributed by atoms with Gasteiger partial charge < -0.3 is 24.6 Å². The topological polar surface area (TPSA) is 135 Å². The van der Waals surface area contributed by atoms with Crippen LogP contribution in [0, 0.1) is 0 Å². The highest BCUT2D eigenvalue weighted by Gasteiger charge is 2.22. The lowest BCUT2D eigenvalue weighted by Gasteiger charge is -2.32. The van der Waals surface area contributed by atoms with Crippen molar-refractivity contribution in [1.82, 2.24) is 30.0 Å². The number of carbonyl (C=O) groups excluding carboxylic acids is 1. The van der Waals surface area contributed by atoms with E-state index in [0.29, 0.717) is 57.3 Å². The number of H-pyrrole nitrogens is 1. The fourth-order valence-corrected chi connectivity index (χ4v) is 4.80. The number of hydrogen-bond acceptors (Lipinski definition) is 8. The lowest BCUT2D eigenvalue weighted by molar-refractivity contribution is 0.164. The summed E-state index contributed by atoms with van der Waals surface area (Å²) in [6, 6.07) is 6.98. The molecule has 1 fully saturated rings. The minimum absolute atomic E-state index is 0.208. The average Bonchev–Trinajstić information content (AvgIpc) is 3.32. The van der Waals surface area contributed by atoms with E-state index >= 15 is 0 Å². The molecule has 0 saturated carbocycles. The minimum atomic E-state index is -0.912. The van der Waals surface area contributed by atoms with Gasteiger partial charge in [-0.2, -0.15) is 5.10 Å². The molecular formula is C25H26Cl2N8O3. The Kier molecular flexibility index (Phi) is 7.52. The molecule has 4 N–H and O–H groups in total. The molecule has 2 amide bonds. The second-order valence-corrected chi connectivity index (χ2v) is 9.65. The third-order valence-corrected chi connectivity index (χ3v) is 6.92. The maximum Gasteiger partial charge on any atom is 0.322 e. The largest absolute Gasteiger partial charge is 0.480 e. The van der Waals surface area contributed by atoms with E-state index in [1.165, 1.54) is 19.5 Å². The SMILES string of the molecule is COc1ncc(-c2n[nH]c3ccc(O[C@H](N)c4c(Cl)cncc4Cl)cc23)cc1NC(=O)N1CCN(C)CC1. The van der Waals surface area contributed by atoms with Gasteiger partial charge in [0.1, 0.15) is 17.1 Å². The van der Waals surface area contributed by atoms with Gasteiger partial charge >= 0.3 is 6.03 Å². The number of likely N-dealkylation sites (N-methyl/N-ethyl adjacent to an activating group) is 1. The van der Waals surface area contributed by atoms with Crippen molar-refractivity contribution in [2.24, 2.45) is 5.73 Å².